The second-order valence-electron chi connectivity index (χ2n) is 11.5. The van der Waals surface area contributed by atoms with Gasteiger partial charge in [-0.25, -0.2) is 4.79 Å². The van der Waals surface area contributed by atoms with Crippen LogP contribution in [0.1, 0.15) is 59.3 Å². The zero-order valence-corrected chi connectivity index (χ0v) is 22.3. The number of anilines is 1. The number of hydrogen-bond acceptors (Lipinski definition) is 5. The van der Waals surface area contributed by atoms with Crippen molar-refractivity contribution in [1.29, 1.82) is 0 Å². The van der Waals surface area contributed by atoms with Gasteiger partial charge in [0.05, 0.1) is 0 Å². The smallest absolute Gasteiger partial charge is 0.433 e. The van der Waals surface area contributed by atoms with Crippen molar-refractivity contribution in [3.8, 4) is 0 Å². The summed E-state index contributed by atoms with van der Waals surface area (Å²) in [6, 6.07) is 8.97. The maximum Gasteiger partial charge on any atom is 0.433 e. The molecular weight excluding hydrogens is 454 g/mol. The fourth-order valence-corrected chi connectivity index (χ4v) is 6.66. The van der Waals surface area contributed by atoms with Crippen LogP contribution in [0, 0.1) is 11.3 Å². The number of amides is 1. The molecule has 2 aliphatic carbocycles. The number of rotatable bonds is 6. The molecule has 0 unspecified atom stereocenters. The van der Waals surface area contributed by atoms with Crippen LogP contribution in [0.4, 0.5) is 10.5 Å². The summed E-state index contributed by atoms with van der Waals surface area (Å²) in [5.74, 6) is 0.387. The molecule has 0 radical (unpaired) electrons. The van der Waals surface area contributed by atoms with Crippen LogP contribution in [0.3, 0.4) is 0 Å². The van der Waals surface area contributed by atoms with Crippen molar-refractivity contribution in [2.75, 3.05) is 37.6 Å². The van der Waals surface area contributed by atoms with E-state index in [-0.39, 0.29) is 0 Å². The van der Waals surface area contributed by atoms with E-state index in [1.54, 1.807) is 5.57 Å². The fourth-order valence-electron chi connectivity index (χ4n) is 5.85. The van der Waals surface area contributed by atoms with Crippen LogP contribution in [-0.2, 0) is 4.74 Å². The van der Waals surface area contributed by atoms with Gasteiger partial charge in [0.25, 0.3) is 0 Å². The van der Waals surface area contributed by atoms with Crippen LogP contribution in [-0.4, -0.2) is 55.5 Å². The summed E-state index contributed by atoms with van der Waals surface area (Å²) in [5.41, 5.74) is 2.96. The van der Waals surface area contributed by atoms with Crippen molar-refractivity contribution >= 4 is 39.4 Å². The Morgan fingerprint density at radius 3 is 2.60 bits per heavy atom. The molecule has 1 amide bonds. The molecule has 35 heavy (non-hydrogen) atoms. The normalized spacial score (nSPS) is 25.7. The van der Waals surface area contributed by atoms with E-state index in [0.29, 0.717) is 11.3 Å². The van der Waals surface area contributed by atoms with E-state index in [2.05, 4.69) is 50.5 Å². The molecule has 0 N–H and O–H groups in total. The van der Waals surface area contributed by atoms with Gasteiger partial charge in [-0.05, 0) is 101 Å². The van der Waals surface area contributed by atoms with Crippen molar-refractivity contribution in [2.45, 2.75) is 64.9 Å². The maximum atomic E-state index is 12.0. The first kappa shape index (κ1) is 24.5. The van der Waals surface area contributed by atoms with Gasteiger partial charge in [0.2, 0.25) is 0 Å². The van der Waals surface area contributed by atoms with Gasteiger partial charge in [-0.1, -0.05) is 17.7 Å². The third-order valence-electron chi connectivity index (χ3n) is 7.95. The average Bonchev–Trinajstić information content (AvgIpc) is 3.59. The monoisotopic (exact) mass is 493 g/mol. The topological polar surface area (TPSA) is 45.1 Å². The molecule has 5 rings (SSSR count). The largest absolute Gasteiger partial charge is 0.442 e. The molecule has 2 heterocycles. The van der Waals surface area contributed by atoms with E-state index in [1.165, 1.54) is 48.0 Å². The van der Waals surface area contributed by atoms with Gasteiger partial charge in [0.15, 0.2) is 0 Å². The highest BCUT2D eigenvalue weighted by molar-refractivity contribution is 7.17. The highest BCUT2D eigenvalue weighted by Crippen LogP contribution is 2.52. The highest BCUT2D eigenvalue weighted by Gasteiger charge is 2.41. The first-order chi connectivity index (χ1) is 16.8. The lowest BCUT2D eigenvalue weighted by Gasteiger charge is -2.42. The number of thiophene rings is 1. The molecule has 0 bridgehead atoms. The minimum absolute atomic E-state index is 0.371. The van der Waals surface area contributed by atoms with Crippen LogP contribution < -0.4 is 4.90 Å². The standard InChI is InChI=1S/C29H39N3O2S/c1-28(2,3)34-27(33)30-21-22-9-12-29(13-10-22,23-7-8-23)14-15-31-16-18-32(19-17-31)25-5-4-6-26-24(25)11-20-35-26/h4-7,11,20-22H,8-10,12-19H2,1-3H3/b30-21+. The van der Waals surface area contributed by atoms with Gasteiger partial charge in [0.1, 0.15) is 5.60 Å². The molecule has 2 aromatic rings. The molecule has 188 valence electrons. The Kier molecular flexibility index (Phi) is 7.04. The Balaban J connectivity index is 1.11. The molecule has 5 nitrogen and oxygen atoms in total. The quantitative estimate of drug-likeness (QED) is 0.323. The lowest BCUT2D eigenvalue weighted by molar-refractivity contribution is 0.0604. The fraction of sp³-hybridized carbons (Fsp3) is 0.586. The first-order valence-corrected chi connectivity index (χ1v) is 14.1. The Labute approximate surface area is 213 Å². The maximum absolute atomic E-state index is 12.0. The summed E-state index contributed by atoms with van der Waals surface area (Å²) in [4.78, 5) is 21.3. The number of allylic oxidation sites excluding steroid dienone is 2. The number of carbonyl (C=O) groups excluding carboxylic acids is 1. The minimum Gasteiger partial charge on any atom is -0.442 e. The number of ether oxygens (including phenoxy) is 1. The van der Waals surface area contributed by atoms with E-state index in [1.807, 2.05) is 38.3 Å². The average molecular weight is 494 g/mol. The van der Waals surface area contributed by atoms with Gasteiger partial charge in [-0.15, -0.1) is 11.3 Å². The van der Waals surface area contributed by atoms with E-state index in [9.17, 15) is 4.79 Å². The number of carbonyl (C=O) groups is 1. The Hall–Kier alpha value is -2.18. The summed E-state index contributed by atoms with van der Waals surface area (Å²) in [6.07, 6.45) is 10.9. The zero-order chi connectivity index (χ0) is 24.5. The molecule has 1 saturated heterocycles. The van der Waals surface area contributed by atoms with Crippen LogP contribution in [0.15, 0.2) is 46.3 Å². The third kappa shape index (κ3) is 5.97. The second kappa shape index (κ2) is 10.1. The Bertz CT molecular complexity index is 1100. The number of benzene rings is 1. The summed E-state index contributed by atoms with van der Waals surface area (Å²) in [7, 11) is 0. The first-order valence-electron chi connectivity index (χ1n) is 13.2. The van der Waals surface area contributed by atoms with Crippen molar-refractivity contribution < 1.29 is 9.53 Å². The molecule has 1 saturated carbocycles. The SMILES string of the molecule is CC(C)(C)OC(=O)/N=C/C1CCC(CCN2CCN(c3cccc4sccc34)CC2)(C2=CC2)CC1. The highest BCUT2D eigenvalue weighted by atomic mass is 32.1. The van der Waals surface area contributed by atoms with E-state index >= 15 is 0 Å². The van der Waals surface area contributed by atoms with Gasteiger partial charge >= 0.3 is 6.09 Å². The van der Waals surface area contributed by atoms with Crippen LogP contribution in [0.5, 0.6) is 0 Å². The van der Waals surface area contributed by atoms with Gasteiger partial charge in [-0.2, -0.15) is 4.99 Å². The summed E-state index contributed by atoms with van der Waals surface area (Å²) in [6.45, 7) is 11.3. The van der Waals surface area contributed by atoms with Crippen molar-refractivity contribution in [3.63, 3.8) is 0 Å². The van der Waals surface area contributed by atoms with E-state index in [0.717, 1.165) is 39.0 Å². The van der Waals surface area contributed by atoms with Crippen molar-refractivity contribution in [2.24, 2.45) is 16.3 Å². The predicted molar refractivity (Wildman–Crippen MR) is 147 cm³/mol. The zero-order valence-electron chi connectivity index (χ0n) is 21.5. The van der Waals surface area contributed by atoms with Crippen LogP contribution in [0.25, 0.3) is 10.1 Å². The molecule has 0 atom stereocenters. The summed E-state index contributed by atoms with van der Waals surface area (Å²) in [5, 5.41) is 3.60. The molecule has 2 fully saturated rings. The lowest BCUT2D eigenvalue weighted by Crippen LogP contribution is -2.47. The van der Waals surface area contributed by atoms with E-state index < -0.39 is 11.7 Å². The lowest BCUT2D eigenvalue weighted by atomic mass is 9.67. The Morgan fingerprint density at radius 2 is 1.91 bits per heavy atom. The van der Waals surface area contributed by atoms with E-state index in [4.69, 9.17) is 4.74 Å². The molecular formula is C29H39N3O2S. The number of fused-ring (bicyclic) bond motifs is 1. The number of nitrogens with zero attached hydrogens (tertiary/aromatic N) is 3. The van der Waals surface area contributed by atoms with Crippen molar-refractivity contribution in [3.05, 3.63) is 41.3 Å². The molecule has 6 heteroatoms. The molecule has 3 aliphatic rings. The number of piperazine rings is 1. The number of hydrogen-bond donors (Lipinski definition) is 0. The molecule has 0 spiro atoms. The molecule has 1 aromatic carbocycles. The molecule has 1 aliphatic heterocycles. The van der Waals surface area contributed by atoms with Gasteiger partial charge < -0.3 is 9.64 Å². The summed E-state index contributed by atoms with van der Waals surface area (Å²) >= 11 is 1.83. The van der Waals surface area contributed by atoms with Gasteiger partial charge in [-0.3, -0.25) is 4.90 Å². The van der Waals surface area contributed by atoms with Crippen molar-refractivity contribution in [1.82, 2.24) is 4.90 Å². The van der Waals surface area contributed by atoms with Gasteiger partial charge in [0, 0.05) is 48.2 Å². The second-order valence-corrected chi connectivity index (χ2v) is 12.4. The number of aliphatic imine (C=N–C) groups is 1. The molecule has 1 aromatic heterocycles. The Morgan fingerprint density at radius 1 is 1.17 bits per heavy atom. The minimum atomic E-state index is -0.489. The predicted octanol–water partition coefficient (Wildman–Crippen LogP) is 6.93. The third-order valence-corrected chi connectivity index (χ3v) is 8.84. The van der Waals surface area contributed by atoms with Crippen LogP contribution >= 0.6 is 11.3 Å². The summed E-state index contributed by atoms with van der Waals surface area (Å²) < 4.78 is 6.71. The van der Waals surface area contributed by atoms with Crippen LogP contribution in [0.2, 0.25) is 0 Å².